The summed E-state index contributed by atoms with van der Waals surface area (Å²) in [7, 11) is 2.12. The van der Waals surface area contributed by atoms with Crippen LogP contribution in [-0.2, 0) is 5.54 Å². The zero-order chi connectivity index (χ0) is 9.76. The molecule has 0 saturated carbocycles. The normalized spacial score (nSPS) is 35.1. The number of hydrogen-bond donors (Lipinski definition) is 2. The van der Waals surface area contributed by atoms with E-state index in [0.717, 1.165) is 13.0 Å². The predicted molar refractivity (Wildman–Crippen MR) is 57.0 cm³/mol. The van der Waals surface area contributed by atoms with Gasteiger partial charge < -0.3 is 11.1 Å². The van der Waals surface area contributed by atoms with Gasteiger partial charge in [-0.15, -0.1) is 0 Å². The molecule has 0 unspecified atom stereocenters. The van der Waals surface area contributed by atoms with Gasteiger partial charge in [-0.3, -0.25) is 4.90 Å². The van der Waals surface area contributed by atoms with Crippen LogP contribution in [0, 0.1) is 0 Å². The Hall–Kier alpha value is -1.06. The lowest BCUT2D eigenvalue weighted by atomic mass is 9.90. The highest BCUT2D eigenvalue weighted by Crippen LogP contribution is 2.44. The van der Waals surface area contributed by atoms with E-state index >= 15 is 0 Å². The molecular formula is C11H15N3. The molecule has 2 atom stereocenters. The zero-order valence-corrected chi connectivity index (χ0v) is 8.33. The maximum absolute atomic E-state index is 6.46. The molecular weight excluding hydrogens is 174 g/mol. The number of nitrogens with zero attached hydrogens (tertiary/aromatic N) is 1. The Balaban J connectivity index is 2.14. The monoisotopic (exact) mass is 189 g/mol. The van der Waals surface area contributed by atoms with E-state index in [0.29, 0.717) is 0 Å². The molecule has 3 rings (SSSR count). The van der Waals surface area contributed by atoms with Crippen LogP contribution in [0.25, 0.3) is 0 Å². The smallest absolute Gasteiger partial charge is 0.102 e. The lowest BCUT2D eigenvalue weighted by Crippen LogP contribution is -2.47. The lowest BCUT2D eigenvalue weighted by Gasteiger charge is -2.26. The van der Waals surface area contributed by atoms with Crippen LogP contribution < -0.4 is 11.1 Å². The van der Waals surface area contributed by atoms with Crippen molar-refractivity contribution in [3.8, 4) is 0 Å². The van der Waals surface area contributed by atoms with Crippen molar-refractivity contribution in [1.29, 1.82) is 0 Å². The Labute approximate surface area is 83.9 Å². The molecule has 0 bridgehead atoms. The first-order valence-electron chi connectivity index (χ1n) is 5.07. The van der Waals surface area contributed by atoms with Gasteiger partial charge in [0, 0.05) is 12.2 Å². The van der Waals surface area contributed by atoms with Crippen LogP contribution in [0.5, 0.6) is 0 Å². The molecule has 0 radical (unpaired) electrons. The Morgan fingerprint density at radius 1 is 1.50 bits per heavy atom. The number of nitrogens with two attached hydrogens (primary N) is 1. The quantitative estimate of drug-likeness (QED) is 0.638. The van der Waals surface area contributed by atoms with Gasteiger partial charge in [-0.05, 0) is 25.1 Å². The SMILES string of the molecule is CN1CC[C@@]2(N)c3ccccc3N[C@@H]12. The topological polar surface area (TPSA) is 41.3 Å². The fraction of sp³-hybridized carbons (Fsp3) is 0.455. The van der Waals surface area contributed by atoms with Gasteiger partial charge in [-0.1, -0.05) is 18.2 Å². The number of likely N-dealkylation sites (tertiary alicyclic amines) is 1. The standard InChI is InChI=1S/C11H15N3/c1-14-7-6-11(12)8-4-2-3-5-9(8)13-10(11)14/h2-5,10,13H,6-7,12H2,1H3/t10-,11+/m0/s1. The van der Waals surface area contributed by atoms with Crippen LogP contribution in [0.2, 0.25) is 0 Å². The van der Waals surface area contributed by atoms with Crippen LogP contribution in [0.1, 0.15) is 12.0 Å². The Morgan fingerprint density at radius 3 is 3.14 bits per heavy atom. The molecule has 1 aromatic rings. The fourth-order valence-corrected chi connectivity index (χ4v) is 2.70. The molecule has 3 heteroatoms. The lowest BCUT2D eigenvalue weighted by molar-refractivity contribution is 0.289. The highest BCUT2D eigenvalue weighted by molar-refractivity contribution is 5.62. The molecule has 0 spiro atoms. The summed E-state index contributed by atoms with van der Waals surface area (Å²) in [6.07, 6.45) is 1.32. The van der Waals surface area contributed by atoms with Crippen LogP contribution in [-0.4, -0.2) is 24.7 Å². The highest BCUT2D eigenvalue weighted by Gasteiger charge is 2.49. The average Bonchev–Trinajstić information content (AvgIpc) is 2.64. The van der Waals surface area contributed by atoms with E-state index in [4.69, 9.17) is 5.73 Å². The van der Waals surface area contributed by atoms with Crippen molar-refractivity contribution < 1.29 is 0 Å². The van der Waals surface area contributed by atoms with Crippen LogP contribution in [0.3, 0.4) is 0 Å². The molecule has 0 aliphatic carbocycles. The summed E-state index contributed by atoms with van der Waals surface area (Å²) >= 11 is 0. The van der Waals surface area contributed by atoms with Gasteiger partial charge in [0.15, 0.2) is 0 Å². The maximum atomic E-state index is 6.46. The van der Waals surface area contributed by atoms with Crippen LogP contribution in [0.15, 0.2) is 24.3 Å². The molecule has 1 saturated heterocycles. The second kappa shape index (κ2) is 2.49. The largest absolute Gasteiger partial charge is 0.367 e. The highest BCUT2D eigenvalue weighted by atomic mass is 15.3. The van der Waals surface area contributed by atoms with Gasteiger partial charge in [-0.25, -0.2) is 0 Å². The number of rotatable bonds is 0. The summed E-state index contributed by atoms with van der Waals surface area (Å²) in [6.45, 7) is 1.07. The Morgan fingerprint density at radius 2 is 2.29 bits per heavy atom. The second-order valence-corrected chi connectivity index (χ2v) is 4.36. The summed E-state index contributed by atoms with van der Waals surface area (Å²) in [5, 5.41) is 3.49. The van der Waals surface area contributed by atoms with Crippen molar-refractivity contribution >= 4 is 5.69 Å². The molecule has 0 aromatic heterocycles. The molecule has 0 amide bonds. The minimum atomic E-state index is -0.175. The fourth-order valence-electron chi connectivity index (χ4n) is 2.70. The average molecular weight is 189 g/mol. The minimum absolute atomic E-state index is 0.175. The van der Waals surface area contributed by atoms with Gasteiger partial charge in [0.25, 0.3) is 0 Å². The van der Waals surface area contributed by atoms with Gasteiger partial charge in [0.05, 0.1) is 5.54 Å². The predicted octanol–water partition coefficient (Wildman–Crippen LogP) is 0.928. The Bertz CT molecular complexity index is 377. The number of nitrogens with one attached hydrogen (secondary N) is 1. The van der Waals surface area contributed by atoms with E-state index in [9.17, 15) is 0 Å². The van der Waals surface area contributed by atoms with Gasteiger partial charge in [0.2, 0.25) is 0 Å². The maximum Gasteiger partial charge on any atom is 0.102 e. The van der Waals surface area contributed by atoms with E-state index in [2.05, 4.69) is 41.5 Å². The third-order valence-corrected chi connectivity index (χ3v) is 3.53. The van der Waals surface area contributed by atoms with E-state index in [-0.39, 0.29) is 11.7 Å². The third-order valence-electron chi connectivity index (χ3n) is 3.53. The number of benzene rings is 1. The third kappa shape index (κ3) is 0.837. The second-order valence-electron chi connectivity index (χ2n) is 4.36. The molecule has 14 heavy (non-hydrogen) atoms. The molecule has 2 heterocycles. The van der Waals surface area contributed by atoms with E-state index < -0.39 is 0 Å². The summed E-state index contributed by atoms with van der Waals surface area (Å²) in [4.78, 5) is 2.29. The first-order chi connectivity index (χ1) is 6.72. The van der Waals surface area contributed by atoms with Crippen LogP contribution >= 0.6 is 0 Å². The number of hydrogen-bond acceptors (Lipinski definition) is 3. The number of anilines is 1. The number of fused-ring (bicyclic) bond motifs is 3. The number of para-hydroxylation sites is 1. The molecule has 2 aliphatic heterocycles. The zero-order valence-electron chi connectivity index (χ0n) is 8.33. The van der Waals surface area contributed by atoms with Crippen molar-refractivity contribution in [3.63, 3.8) is 0 Å². The van der Waals surface area contributed by atoms with Crippen molar-refractivity contribution in [3.05, 3.63) is 29.8 Å². The van der Waals surface area contributed by atoms with Crippen molar-refractivity contribution in [2.24, 2.45) is 5.73 Å². The summed E-state index contributed by atoms with van der Waals surface area (Å²) in [6, 6.07) is 8.36. The molecule has 2 aliphatic rings. The molecule has 3 nitrogen and oxygen atoms in total. The van der Waals surface area contributed by atoms with Gasteiger partial charge in [0.1, 0.15) is 6.17 Å². The van der Waals surface area contributed by atoms with E-state index in [1.807, 2.05) is 0 Å². The first-order valence-corrected chi connectivity index (χ1v) is 5.07. The molecule has 1 aromatic carbocycles. The first kappa shape index (κ1) is 8.26. The molecule has 1 fully saturated rings. The Kier molecular flexibility index (Phi) is 1.47. The van der Waals surface area contributed by atoms with Crippen molar-refractivity contribution in [2.45, 2.75) is 18.1 Å². The molecule has 3 N–H and O–H groups in total. The minimum Gasteiger partial charge on any atom is -0.367 e. The summed E-state index contributed by atoms with van der Waals surface area (Å²) < 4.78 is 0. The van der Waals surface area contributed by atoms with Crippen LogP contribution in [0.4, 0.5) is 5.69 Å². The van der Waals surface area contributed by atoms with E-state index in [1.54, 1.807) is 0 Å². The molecule has 74 valence electrons. The van der Waals surface area contributed by atoms with Gasteiger partial charge >= 0.3 is 0 Å². The number of likely N-dealkylation sites (N-methyl/N-ethyl adjacent to an activating group) is 1. The van der Waals surface area contributed by atoms with Crippen molar-refractivity contribution in [1.82, 2.24) is 4.90 Å². The van der Waals surface area contributed by atoms with Crippen molar-refractivity contribution in [2.75, 3.05) is 18.9 Å². The van der Waals surface area contributed by atoms with Gasteiger partial charge in [-0.2, -0.15) is 0 Å². The summed E-state index contributed by atoms with van der Waals surface area (Å²) in [5.74, 6) is 0. The van der Waals surface area contributed by atoms with E-state index in [1.165, 1.54) is 11.3 Å². The summed E-state index contributed by atoms with van der Waals surface area (Å²) in [5.41, 5.74) is 8.76.